The molecule has 0 spiro atoms. The lowest BCUT2D eigenvalue weighted by molar-refractivity contribution is -0.141. The molecule has 3 aliphatic rings. The van der Waals surface area contributed by atoms with Crippen molar-refractivity contribution in [1.29, 1.82) is 0 Å². The van der Waals surface area contributed by atoms with Crippen LogP contribution in [0, 0.1) is 18.3 Å². The molecule has 3 atom stereocenters. The Morgan fingerprint density at radius 1 is 1.60 bits per heavy atom. The van der Waals surface area contributed by atoms with Crippen LogP contribution >= 0.6 is 0 Å². The van der Waals surface area contributed by atoms with E-state index in [0.717, 1.165) is 25.1 Å². The molecule has 3 rings (SSSR count). The Kier molecular flexibility index (Phi) is 3.41. The Morgan fingerprint density at radius 2 is 2.45 bits per heavy atom. The van der Waals surface area contributed by atoms with E-state index >= 15 is 0 Å². The Balaban J connectivity index is 2.05. The molecule has 4 nitrogen and oxygen atoms in total. The summed E-state index contributed by atoms with van der Waals surface area (Å²) in [5.74, 6) is 2.94. The number of nitrogens with zero attached hydrogens (tertiary/aromatic N) is 1. The minimum absolute atomic E-state index is 0.0198. The van der Waals surface area contributed by atoms with Gasteiger partial charge in [0, 0.05) is 38.6 Å². The van der Waals surface area contributed by atoms with Crippen LogP contribution in [0.1, 0.15) is 12.8 Å². The predicted octanol–water partition coefficient (Wildman–Crippen LogP) is 1.14. The van der Waals surface area contributed by atoms with Gasteiger partial charge in [-0.2, -0.15) is 0 Å². The van der Waals surface area contributed by atoms with Crippen molar-refractivity contribution in [2.75, 3.05) is 26.8 Å². The summed E-state index contributed by atoms with van der Waals surface area (Å²) < 4.78 is 10.7. The third-order valence-electron chi connectivity index (χ3n) is 4.62. The van der Waals surface area contributed by atoms with Crippen molar-refractivity contribution in [3.63, 3.8) is 0 Å². The average molecular weight is 273 g/mol. The molecule has 0 N–H and O–H groups in total. The Hall–Kier alpha value is -1.57. The van der Waals surface area contributed by atoms with Crippen molar-refractivity contribution < 1.29 is 14.3 Å². The average Bonchev–Trinajstić information content (AvgIpc) is 2.66. The number of hydrogen-bond acceptors (Lipinski definition) is 4. The van der Waals surface area contributed by atoms with Crippen molar-refractivity contribution >= 4 is 5.97 Å². The molecule has 0 bridgehead atoms. The number of fused-ring (bicyclic) bond motifs is 3. The van der Waals surface area contributed by atoms with E-state index in [9.17, 15) is 4.79 Å². The van der Waals surface area contributed by atoms with Crippen LogP contribution in [0.4, 0.5) is 0 Å². The molecule has 0 unspecified atom stereocenters. The summed E-state index contributed by atoms with van der Waals surface area (Å²) in [5, 5.41) is 0. The van der Waals surface area contributed by atoms with E-state index < -0.39 is 5.54 Å². The Bertz CT molecular complexity index is 516. The van der Waals surface area contributed by atoms with Crippen molar-refractivity contribution in [2.45, 2.75) is 24.5 Å². The molecule has 3 aliphatic heterocycles. The number of methoxy groups -OCH3 is 1. The topological polar surface area (TPSA) is 38.8 Å². The number of carbonyl (C=O) groups excluding carboxylic acids is 1. The fourth-order valence-corrected chi connectivity index (χ4v) is 3.53. The fraction of sp³-hybridized carbons (Fsp3) is 0.562. The van der Waals surface area contributed by atoms with Crippen molar-refractivity contribution in [3.05, 3.63) is 23.8 Å². The molecule has 0 saturated carbocycles. The number of hydrogen-bond donors (Lipinski definition) is 0. The van der Waals surface area contributed by atoms with E-state index in [4.69, 9.17) is 15.9 Å². The van der Waals surface area contributed by atoms with Crippen LogP contribution in [0.2, 0.25) is 0 Å². The number of esters is 1. The van der Waals surface area contributed by atoms with Gasteiger partial charge in [-0.05, 0) is 12.0 Å². The number of carbonyl (C=O) groups is 1. The van der Waals surface area contributed by atoms with E-state index in [0.29, 0.717) is 13.0 Å². The van der Waals surface area contributed by atoms with E-state index in [1.807, 2.05) is 0 Å². The molecule has 0 aliphatic carbocycles. The monoisotopic (exact) mass is 273 g/mol. The molecule has 20 heavy (non-hydrogen) atoms. The molecule has 0 aromatic heterocycles. The number of piperidine rings is 1. The Labute approximate surface area is 119 Å². The zero-order valence-electron chi connectivity index (χ0n) is 11.7. The minimum atomic E-state index is -0.521. The highest BCUT2D eigenvalue weighted by atomic mass is 16.5. The zero-order valence-corrected chi connectivity index (χ0v) is 11.7. The van der Waals surface area contributed by atoms with Gasteiger partial charge in [-0.15, -0.1) is 6.42 Å². The first-order valence-electron chi connectivity index (χ1n) is 7.00. The van der Waals surface area contributed by atoms with Crippen molar-refractivity contribution in [3.8, 4) is 12.3 Å². The van der Waals surface area contributed by atoms with E-state index in [1.165, 1.54) is 0 Å². The molecule has 0 aromatic rings. The van der Waals surface area contributed by atoms with E-state index in [2.05, 4.69) is 23.0 Å². The zero-order chi connectivity index (χ0) is 14.2. The third-order valence-corrected chi connectivity index (χ3v) is 4.62. The first-order chi connectivity index (χ1) is 9.69. The molecular weight excluding hydrogens is 254 g/mol. The molecule has 3 heterocycles. The van der Waals surface area contributed by atoms with Gasteiger partial charge in [0.05, 0.1) is 12.7 Å². The van der Waals surface area contributed by atoms with Gasteiger partial charge in [0.1, 0.15) is 5.54 Å². The second-order valence-electron chi connectivity index (χ2n) is 5.57. The first kappa shape index (κ1) is 13.4. The van der Waals surface area contributed by atoms with Crippen LogP contribution < -0.4 is 0 Å². The van der Waals surface area contributed by atoms with Crippen LogP contribution in [0.5, 0.6) is 0 Å². The number of ether oxygens (including phenoxy) is 2. The molecule has 0 radical (unpaired) electrons. The summed E-state index contributed by atoms with van der Waals surface area (Å²) in [7, 11) is 1.69. The largest absolute Gasteiger partial charge is 0.462 e. The molecule has 1 fully saturated rings. The van der Waals surface area contributed by atoms with Crippen LogP contribution in [0.3, 0.4) is 0 Å². The Morgan fingerprint density at radius 3 is 3.20 bits per heavy atom. The van der Waals surface area contributed by atoms with E-state index in [-0.39, 0.29) is 18.0 Å². The second kappa shape index (κ2) is 5.08. The summed E-state index contributed by atoms with van der Waals surface area (Å²) in [5.41, 5.74) is 0.514. The number of cyclic esters (lactones) is 1. The number of terminal acetylenes is 1. The van der Waals surface area contributed by atoms with E-state index in [1.54, 1.807) is 13.2 Å². The predicted molar refractivity (Wildman–Crippen MR) is 74.8 cm³/mol. The van der Waals surface area contributed by atoms with Crippen LogP contribution in [0.15, 0.2) is 23.8 Å². The van der Waals surface area contributed by atoms with Crippen molar-refractivity contribution in [2.24, 2.45) is 5.92 Å². The van der Waals surface area contributed by atoms with Gasteiger partial charge in [0.15, 0.2) is 0 Å². The summed E-state index contributed by atoms with van der Waals surface area (Å²) in [6, 6.07) is 0. The van der Waals surface area contributed by atoms with Gasteiger partial charge in [0.25, 0.3) is 0 Å². The van der Waals surface area contributed by atoms with Gasteiger partial charge >= 0.3 is 5.97 Å². The molecule has 106 valence electrons. The lowest BCUT2D eigenvalue weighted by Gasteiger charge is -2.49. The summed E-state index contributed by atoms with van der Waals surface area (Å²) in [6.07, 6.45) is 13.3. The second-order valence-corrected chi connectivity index (χ2v) is 5.57. The summed E-state index contributed by atoms with van der Waals surface area (Å²) >= 11 is 0. The van der Waals surface area contributed by atoms with Gasteiger partial charge in [0.2, 0.25) is 0 Å². The van der Waals surface area contributed by atoms with Crippen molar-refractivity contribution in [1.82, 2.24) is 4.90 Å². The smallest absolute Gasteiger partial charge is 0.330 e. The molecule has 0 amide bonds. The molecule has 0 aromatic carbocycles. The van der Waals surface area contributed by atoms with Gasteiger partial charge in [-0.25, -0.2) is 4.79 Å². The fourth-order valence-electron chi connectivity index (χ4n) is 3.53. The molecular formula is C16H19NO3. The normalized spacial score (nSPS) is 37.0. The lowest BCUT2D eigenvalue weighted by atomic mass is 9.72. The SMILES string of the molecule is C#C[C@]12C[C@@H](OC)C=CCN1CC[C@H]1COC(=O)C=C12. The van der Waals surface area contributed by atoms with Crippen LogP contribution in [-0.2, 0) is 14.3 Å². The van der Waals surface area contributed by atoms with Gasteiger partial charge in [-0.1, -0.05) is 18.1 Å². The molecule has 1 saturated heterocycles. The number of rotatable bonds is 1. The minimum Gasteiger partial charge on any atom is -0.462 e. The molecule has 4 heteroatoms. The quantitative estimate of drug-likeness (QED) is 0.408. The first-order valence-corrected chi connectivity index (χ1v) is 7.00. The van der Waals surface area contributed by atoms with Gasteiger partial charge in [-0.3, -0.25) is 4.90 Å². The maximum Gasteiger partial charge on any atom is 0.330 e. The highest BCUT2D eigenvalue weighted by molar-refractivity contribution is 5.84. The van der Waals surface area contributed by atoms with Gasteiger partial charge < -0.3 is 9.47 Å². The third kappa shape index (κ3) is 1.98. The summed E-state index contributed by atoms with van der Waals surface area (Å²) in [4.78, 5) is 13.9. The van der Waals surface area contributed by atoms with Crippen LogP contribution in [0.25, 0.3) is 0 Å². The highest BCUT2D eigenvalue weighted by Gasteiger charge is 2.48. The maximum atomic E-state index is 11.7. The lowest BCUT2D eigenvalue weighted by Crippen LogP contribution is -2.57. The van der Waals surface area contributed by atoms with Crippen LogP contribution in [-0.4, -0.2) is 49.3 Å². The maximum absolute atomic E-state index is 11.7. The standard InChI is InChI=1S/C16H19NO3/c1-3-16-10-13(19-2)5-4-7-17(16)8-6-12-11-20-15(18)9-14(12)16/h1,4-5,9,12-13H,6-8,10-11H2,2H3/t12-,13-,16+/m0/s1. The highest BCUT2D eigenvalue weighted by Crippen LogP contribution is 2.42. The summed E-state index contributed by atoms with van der Waals surface area (Å²) in [6.45, 7) is 2.17.